The number of hydrogen-bond donors (Lipinski definition) is 1. The number of carbonyl (C=O) groups is 2. The SMILES string of the molecule is CCN1CCC2(CC1)OC(=O)C(C)=C2C(=O)N1CCc2ccc(N)cc2C1. The quantitative estimate of drug-likeness (QED) is 0.636. The average molecular weight is 369 g/mol. The van der Waals surface area contributed by atoms with Crippen LogP contribution in [0.25, 0.3) is 0 Å². The number of hydrogen-bond acceptors (Lipinski definition) is 5. The summed E-state index contributed by atoms with van der Waals surface area (Å²) in [6.45, 7) is 7.69. The number of nitrogens with zero attached hydrogens (tertiary/aromatic N) is 2. The van der Waals surface area contributed by atoms with E-state index in [0.29, 0.717) is 42.8 Å². The van der Waals surface area contributed by atoms with Crippen molar-refractivity contribution in [3.63, 3.8) is 0 Å². The van der Waals surface area contributed by atoms with Gasteiger partial charge in [-0.1, -0.05) is 13.0 Å². The second kappa shape index (κ2) is 6.68. The number of anilines is 1. The molecule has 0 aliphatic carbocycles. The third-order valence-electron chi connectivity index (χ3n) is 6.28. The maximum absolute atomic E-state index is 13.5. The number of piperidine rings is 1. The minimum absolute atomic E-state index is 0.0589. The fourth-order valence-corrected chi connectivity index (χ4v) is 4.60. The summed E-state index contributed by atoms with van der Waals surface area (Å²) in [5.41, 5.74) is 9.27. The molecule has 1 aromatic rings. The molecule has 1 spiro atoms. The predicted molar refractivity (Wildman–Crippen MR) is 103 cm³/mol. The highest BCUT2D eigenvalue weighted by molar-refractivity contribution is 6.07. The molecule has 0 unspecified atom stereocenters. The van der Waals surface area contributed by atoms with E-state index in [1.807, 2.05) is 23.1 Å². The van der Waals surface area contributed by atoms with Gasteiger partial charge in [-0.15, -0.1) is 0 Å². The maximum Gasteiger partial charge on any atom is 0.335 e. The molecule has 0 bridgehead atoms. The van der Waals surface area contributed by atoms with Crippen molar-refractivity contribution in [1.29, 1.82) is 0 Å². The number of ether oxygens (including phenoxy) is 1. The molecule has 3 aliphatic heterocycles. The van der Waals surface area contributed by atoms with Gasteiger partial charge in [-0.2, -0.15) is 0 Å². The van der Waals surface area contributed by atoms with Crippen molar-refractivity contribution in [3.8, 4) is 0 Å². The van der Waals surface area contributed by atoms with Gasteiger partial charge in [0.15, 0.2) is 0 Å². The van der Waals surface area contributed by atoms with E-state index in [2.05, 4.69) is 11.8 Å². The van der Waals surface area contributed by atoms with Crippen LogP contribution in [0.4, 0.5) is 5.69 Å². The van der Waals surface area contributed by atoms with E-state index in [-0.39, 0.29) is 11.9 Å². The Balaban J connectivity index is 1.61. The van der Waals surface area contributed by atoms with Crippen LogP contribution in [0.3, 0.4) is 0 Å². The molecule has 3 aliphatic rings. The summed E-state index contributed by atoms with van der Waals surface area (Å²) in [7, 11) is 0. The Morgan fingerprint density at radius 2 is 1.96 bits per heavy atom. The number of carbonyl (C=O) groups excluding carboxylic acids is 2. The third-order valence-corrected chi connectivity index (χ3v) is 6.28. The molecular weight excluding hydrogens is 342 g/mol. The van der Waals surface area contributed by atoms with Gasteiger partial charge in [0.25, 0.3) is 5.91 Å². The molecule has 4 rings (SSSR count). The van der Waals surface area contributed by atoms with Gasteiger partial charge in [-0.05, 0) is 43.1 Å². The molecular formula is C21H27N3O3. The number of amides is 1. The summed E-state index contributed by atoms with van der Waals surface area (Å²) < 4.78 is 5.80. The number of nitrogen functional groups attached to an aromatic ring is 1. The number of rotatable bonds is 2. The smallest absolute Gasteiger partial charge is 0.335 e. The molecule has 2 N–H and O–H groups in total. The Bertz CT molecular complexity index is 822. The summed E-state index contributed by atoms with van der Waals surface area (Å²) in [6, 6.07) is 5.89. The Hall–Kier alpha value is -2.34. The summed E-state index contributed by atoms with van der Waals surface area (Å²) in [4.78, 5) is 30.0. The number of nitrogens with two attached hydrogens (primary N) is 1. The van der Waals surface area contributed by atoms with E-state index in [1.165, 1.54) is 5.56 Å². The summed E-state index contributed by atoms with van der Waals surface area (Å²) >= 11 is 0. The van der Waals surface area contributed by atoms with Crippen molar-refractivity contribution in [1.82, 2.24) is 9.80 Å². The standard InChI is InChI=1S/C21H27N3O3/c1-3-23-10-7-21(8-11-23)18(14(2)20(26)27-21)19(25)24-9-6-15-4-5-17(22)12-16(15)13-24/h4-5,12H,3,6-11,13,22H2,1-2H3. The first-order valence-electron chi connectivity index (χ1n) is 9.77. The lowest BCUT2D eigenvalue weighted by Crippen LogP contribution is -2.49. The van der Waals surface area contributed by atoms with Gasteiger partial charge >= 0.3 is 5.97 Å². The predicted octanol–water partition coefficient (Wildman–Crippen LogP) is 1.88. The lowest BCUT2D eigenvalue weighted by Gasteiger charge is -2.40. The molecule has 144 valence electrons. The van der Waals surface area contributed by atoms with Crippen LogP contribution < -0.4 is 5.73 Å². The van der Waals surface area contributed by atoms with Crippen LogP contribution in [0, 0.1) is 0 Å². The van der Waals surface area contributed by atoms with Crippen molar-refractivity contribution in [3.05, 3.63) is 40.5 Å². The number of fused-ring (bicyclic) bond motifs is 1. The first-order valence-corrected chi connectivity index (χ1v) is 9.77. The minimum Gasteiger partial charge on any atom is -0.450 e. The molecule has 0 radical (unpaired) electrons. The van der Waals surface area contributed by atoms with Crippen LogP contribution in [-0.2, 0) is 27.3 Å². The normalized spacial score (nSPS) is 22.1. The van der Waals surface area contributed by atoms with Gasteiger partial charge in [-0.25, -0.2) is 4.79 Å². The second-order valence-corrected chi connectivity index (χ2v) is 7.82. The van der Waals surface area contributed by atoms with E-state index in [0.717, 1.165) is 31.6 Å². The van der Waals surface area contributed by atoms with Gasteiger partial charge in [0, 0.05) is 50.3 Å². The Kier molecular flexibility index (Phi) is 4.46. The molecule has 27 heavy (non-hydrogen) atoms. The van der Waals surface area contributed by atoms with Crippen LogP contribution in [0.15, 0.2) is 29.3 Å². The molecule has 1 aromatic carbocycles. The van der Waals surface area contributed by atoms with Gasteiger partial charge in [-0.3, -0.25) is 4.79 Å². The molecule has 6 nitrogen and oxygen atoms in total. The molecule has 1 amide bonds. The topological polar surface area (TPSA) is 75.9 Å². The zero-order valence-electron chi connectivity index (χ0n) is 16.1. The fraction of sp³-hybridized carbons (Fsp3) is 0.524. The van der Waals surface area contributed by atoms with Crippen molar-refractivity contribution >= 4 is 17.6 Å². The fourth-order valence-electron chi connectivity index (χ4n) is 4.60. The Labute approximate surface area is 159 Å². The molecule has 6 heteroatoms. The zero-order valence-corrected chi connectivity index (χ0v) is 16.1. The van der Waals surface area contributed by atoms with Crippen molar-refractivity contribution < 1.29 is 14.3 Å². The number of benzene rings is 1. The van der Waals surface area contributed by atoms with Gasteiger partial charge in [0.1, 0.15) is 5.60 Å². The lowest BCUT2D eigenvalue weighted by molar-refractivity contribution is -0.151. The molecule has 1 fully saturated rings. The lowest BCUT2D eigenvalue weighted by atomic mass is 9.82. The number of likely N-dealkylation sites (tertiary alicyclic amines) is 1. The molecule has 0 aromatic heterocycles. The van der Waals surface area contributed by atoms with Crippen LogP contribution in [-0.4, -0.2) is 53.5 Å². The van der Waals surface area contributed by atoms with Gasteiger partial charge < -0.3 is 20.3 Å². The summed E-state index contributed by atoms with van der Waals surface area (Å²) in [5, 5.41) is 0. The highest BCUT2D eigenvalue weighted by atomic mass is 16.6. The zero-order chi connectivity index (χ0) is 19.2. The first-order chi connectivity index (χ1) is 12.9. The van der Waals surface area contributed by atoms with Gasteiger partial charge in [0.05, 0.1) is 5.57 Å². The monoisotopic (exact) mass is 369 g/mol. The van der Waals surface area contributed by atoms with Crippen LogP contribution in [0.5, 0.6) is 0 Å². The van der Waals surface area contributed by atoms with Crippen molar-refractivity contribution in [2.75, 3.05) is 31.9 Å². The Morgan fingerprint density at radius 1 is 1.22 bits per heavy atom. The average Bonchev–Trinajstić information content (AvgIpc) is 2.91. The summed E-state index contributed by atoms with van der Waals surface area (Å²) in [6.07, 6.45) is 2.17. The van der Waals surface area contributed by atoms with E-state index in [9.17, 15) is 9.59 Å². The molecule has 0 atom stereocenters. The van der Waals surface area contributed by atoms with Crippen molar-refractivity contribution in [2.45, 2.75) is 45.3 Å². The summed E-state index contributed by atoms with van der Waals surface area (Å²) in [5.74, 6) is -0.402. The molecule has 3 heterocycles. The minimum atomic E-state index is -0.750. The molecule has 1 saturated heterocycles. The third kappa shape index (κ3) is 3.02. The van der Waals surface area contributed by atoms with Crippen molar-refractivity contribution in [2.24, 2.45) is 0 Å². The second-order valence-electron chi connectivity index (χ2n) is 7.82. The van der Waals surface area contributed by atoms with E-state index in [1.54, 1.807) is 6.92 Å². The maximum atomic E-state index is 13.5. The van der Waals surface area contributed by atoms with Crippen LogP contribution in [0.1, 0.15) is 37.8 Å². The van der Waals surface area contributed by atoms with E-state index < -0.39 is 5.60 Å². The largest absolute Gasteiger partial charge is 0.450 e. The highest BCUT2D eigenvalue weighted by Crippen LogP contribution is 2.42. The first kappa shape index (κ1) is 18.0. The number of esters is 1. The van der Waals surface area contributed by atoms with E-state index in [4.69, 9.17) is 10.5 Å². The van der Waals surface area contributed by atoms with Crippen LogP contribution in [0.2, 0.25) is 0 Å². The van der Waals surface area contributed by atoms with Gasteiger partial charge in [0.2, 0.25) is 0 Å². The molecule has 0 saturated carbocycles. The van der Waals surface area contributed by atoms with Crippen LogP contribution >= 0.6 is 0 Å². The highest BCUT2D eigenvalue weighted by Gasteiger charge is 2.51. The van der Waals surface area contributed by atoms with E-state index >= 15 is 0 Å². The Morgan fingerprint density at radius 3 is 2.67 bits per heavy atom.